The Hall–Kier alpha value is -1.97. The predicted molar refractivity (Wildman–Crippen MR) is 80.3 cm³/mol. The molecule has 0 fully saturated rings. The highest BCUT2D eigenvalue weighted by Gasteiger charge is 2.13. The van der Waals surface area contributed by atoms with Crippen molar-refractivity contribution in [3.05, 3.63) is 35.9 Å². The Balaban J connectivity index is 2.66. The third-order valence-corrected chi connectivity index (χ3v) is 2.87. The van der Waals surface area contributed by atoms with Crippen LogP contribution in [0.3, 0.4) is 0 Å². The van der Waals surface area contributed by atoms with Gasteiger partial charge in [-0.1, -0.05) is 18.2 Å². The van der Waals surface area contributed by atoms with Gasteiger partial charge < -0.3 is 14.4 Å². The number of rotatable bonds is 7. The van der Waals surface area contributed by atoms with Gasteiger partial charge in [-0.25, -0.2) is 0 Å². The molecule has 0 saturated carbocycles. The number of carbonyl (C=O) groups excluding carboxylic acids is 1. The predicted octanol–water partition coefficient (Wildman–Crippen LogP) is 2.81. The molecule has 20 heavy (non-hydrogen) atoms. The summed E-state index contributed by atoms with van der Waals surface area (Å²) in [6.45, 7) is 10.8. The van der Waals surface area contributed by atoms with Crippen LogP contribution in [0.15, 0.2) is 30.4 Å². The number of ether oxygens (including phenoxy) is 2. The van der Waals surface area contributed by atoms with E-state index in [4.69, 9.17) is 9.47 Å². The minimum atomic E-state index is -0.0573. The van der Waals surface area contributed by atoms with Crippen LogP contribution in [0.4, 0.5) is 0 Å². The highest BCUT2D eigenvalue weighted by atomic mass is 16.5. The first kappa shape index (κ1) is 16.1. The monoisotopic (exact) mass is 277 g/mol. The van der Waals surface area contributed by atoms with Crippen molar-refractivity contribution in [2.75, 3.05) is 26.8 Å². The van der Waals surface area contributed by atoms with Crippen LogP contribution in [0.25, 0.3) is 0 Å². The topological polar surface area (TPSA) is 38.8 Å². The smallest absolute Gasteiger partial charge is 0.260 e. The van der Waals surface area contributed by atoms with Crippen LogP contribution in [0.5, 0.6) is 11.5 Å². The summed E-state index contributed by atoms with van der Waals surface area (Å²) in [6.07, 6.45) is 0. The first-order chi connectivity index (χ1) is 9.47. The maximum atomic E-state index is 12.1. The van der Waals surface area contributed by atoms with Crippen LogP contribution in [0, 0.1) is 6.92 Å². The number of methoxy groups -OCH3 is 1. The fraction of sp³-hybridized carbons (Fsp3) is 0.438. The SMILES string of the molecule is C=C(C)CN(CC)C(=O)COc1ccc(C)cc1OC. The minimum Gasteiger partial charge on any atom is -0.493 e. The molecule has 0 unspecified atom stereocenters. The molecule has 4 heteroatoms. The van der Waals surface area contributed by atoms with Crippen LogP contribution >= 0.6 is 0 Å². The van der Waals surface area contributed by atoms with Crippen LogP contribution in [-0.2, 0) is 4.79 Å². The summed E-state index contributed by atoms with van der Waals surface area (Å²) in [5.74, 6) is 1.16. The molecule has 1 rings (SSSR count). The summed E-state index contributed by atoms with van der Waals surface area (Å²) in [4.78, 5) is 13.8. The highest BCUT2D eigenvalue weighted by Crippen LogP contribution is 2.27. The van der Waals surface area contributed by atoms with Crippen LogP contribution in [0.2, 0.25) is 0 Å². The maximum absolute atomic E-state index is 12.1. The molecular weight excluding hydrogens is 254 g/mol. The summed E-state index contributed by atoms with van der Waals surface area (Å²) >= 11 is 0. The Bertz CT molecular complexity index is 483. The largest absolute Gasteiger partial charge is 0.493 e. The van der Waals surface area contributed by atoms with Crippen molar-refractivity contribution < 1.29 is 14.3 Å². The van der Waals surface area contributed by atoms with Gasteiger partial charge in [-0.2, -0.15) is 0 Å². The van der Waals surface area contributed by atoms with E-state index in [-0.39, 0.29) is 12.5 Å². The van der Waals surface area contributed by atoms with E-state index in [1.54, 1.807) is 12.0 Å². The van der Waals surface area contributed by atoms with Gasteiger partial charge in [-0.15, -0.1) is 0 Å². The Kier molecular flexibility index (Phi) is 6.10. The molecule has 0 N–H and O–H groups in total. The van der Waals surface area contributed by atoms with E-state index < -0.39 is 0 Å². The van der Waals surface area contributed by atoms with Gasteiger partial charge in [0.25, 0.3) is 5.91 Å². The molecule has 1 amide bonds. The second-order valence-corrected chi connectivity index (χ2v) is 4.81. The number of likely N-dealkylation sites (N-methyl/N-ethyl adjacent to an activating group) is 1. The van der Waals surface area contributed by atoms with E-state index in [1.807, 2.05) is 39.0 Å². The average Bonchev–Trinajstić information content (AvgIpc) is 2.42. The zero-order chi connectivity index (χ0) is 15.1. The van der Waals surface area contributed by atoms with Gasteiger partial charge in [0.2, 0.25) is 0 Å². The van der Waals surface area contributed by atoms with Crippen LogP contribution < -0.4 is 9.47 Å². The fourth-order valence-electron chi connectivity index (χ4n) is 1.83. The van der Waals surface area contributed by atoms with Crippen molar-refractivity contribution in [3.63, 3.8) is 0 Å². The molecule has 0 aliphatic heterocycles. The first-order valence-electron chi connectivity index (χ1n) is 6.67. The van der Waals surface area contributed by atoms with E-state index in [0.717, 1.165) is 11.1 Å². The van der Waals surface area contributed by atoms with Gasteiger partial charge in [0.05, 0.1) is 7.11 Å². The number of hydrogen-bond acceptors (Lipinski definition) is 3. The van der Waals surface area contributed by atoms with Crippen LogP contribution in [-0.4, -0.2) is 37.6 Å². The number of nitrogens with zero attached hydrogens (tertiary/aromatic N) is 1. The van der Waals surface area contributed by atoms with E-state index in [9.17, 15) is 4.79 Å². The number of carbonyl (C=O) groups is 1. The fourth-order valence-corrected chi connectivity index (χ4v) is 1.83. The quantitative estimate of drug-likeness (QED) is 0.719. The Morgan fingerprint density at radius 1 is 1.35 bits per heavy atom. The summed E-state index contributed by atoms with van der Waals surface area (Å²) in [7, 11) is 1.59. The molecule has 110 valence electrons. The van der Waals surface area contributed by atoms with Crippen LogP contribution in [0.1, 0.15) is 19.4 Å². The van der Waals surface area contributed by atoms with Gasteiger partial charge in [-0.05, 0) is 38.5 Å². The molecule has 0 aliphatic carbocycles. The van der Waals surface area contributed by atoms with Crippen molar-refractivity contribution in [1.29, 1.82) is 0 Å². The van der Waals surface area contributed by atoms with Crippen molar-refractivity contribution in [3.8, 4) is 11.5 Å². The number of amides is 1. The Labute approximate surface area is 121 Å². The summed E-state index contributed by atoms with van der Waals surface area (Å²) in [5, 5.41) is 0. The lowest BCUT2D eigenvalue weighted by molar-refractivity contribution is -0.132. The Morgan fingerprint density at radius 2 is 2.05 bits per heavy atom. The molecule has 1 aromatic rings. The molecule has 0 aliphatic rings. The third kappa shape index (κ3) is 4.61. The molecule has 0 bridgehead atoms. The second kappa shape index (κ2) is 7.58. The zero-order valence-electron chi connectivity index (χ0n) is 12.7. The lowest BCUT2D eigenvalue weighted by atomic mass is 10.2. The van der Waals surface area contributed by atoms with E-state index in [0.29, 0.717) is 24.6 Å². The van der Waals surface area contributed by atoms with E-state index in [2.05, 4.69) is 6.58 Å². The summed E-state index contributed by atoms with van der Waals surface area (Å²) in [6, 6.07) is 5.62. The van der Waals surface area contributed by atoms with Crippen molar-refractivity contribution in [2.45, 2.75) is 20.8 Å². The van der Waals surface area contributed by atoms with Gasteiger partial charge in [0.1, 0.15) is 0 Å². The molecule has 4 nitrogen and oxygen atoms in total. The van der Waals surface area contributed by atoms with Gasteiger partial charge in [0.15, 0.2) is 18.1 Å². The molecule has 1 aromatic carbocycles. The Morgan fingerprint density at radius 3 is 2.60 bits per heavy atom. The molecule has 0 heterocycles. The third-order valence-electron chi connectivity index (χ3n) is 2.87. The molecule has 0 aromatic heterocycles. The first-order valence-corrected chi connectivity index (χ1v) is 6.67. The van der Waals surface area contributed by atoms with Crippen molar-refractivity contribution in [1.82, 2.24) is 4.90 Å². The molecular formula is C16H23NO3. The standard InChI is InChI=1S/C16H23NO3/c1-6-17(10-12(2)3)16(18)11-20-14-8-7-13(4)9-15(14)19-5/h7-9H,2,6,10-11H2,1,3-5H3. The second-order valence-electron chi connectivity index (χ2n) is 4.81. The highest BCUT2D eigenvalue weighted by molar-refractivity contribution is 5.78. The van der Waals surface area contributed by atoms with Gasteiger partial charge in [-0.3, -0.25) is 4.79 Å². The van der Waals surface area contributed by atoms with Crippen molar-refractivity contribution in [2.24, 2.45) is 0 Å². The van der Waals surface area contributed by atoms with E-state index in [1.165, 1.54) is 0 Å². The maximum Gasteiger partial charge on any atom is 0.260 e. The average molecular weight is 277 g/mol. The van der Waals surface area contributed by atoms with Crippen molar-refractivity contribution >= 4 is 5.91 Å². The number of benzene rings is 1. The molecule has 0 atom stereocenters. The van der Waals surface area contributed by atoms with Gasteiger partial charge >= 0.3 is 0 Å². The number of aryl methyl sites for hydroxylation is 1. The zero-order valence-corrected chi connectivity index (χ0v) is 12.7. The van der Waals surface area contributed by atoms with Gasteiger partial charge in [0, 0.05) is 13.1 Å². The minimum absolute atomic E-state index is 0.000537. The molecule has 0 spiro atoms. The normalized spacial score (nSPS) is 10.0. The number of hydrogen-bond donors (Lipinski definition) is 0. The molecule has 0 saturated heterocycles. The lowest BCUT2D eigenvalue weighted by Gasteiger charge is -2.21. The molecule has 0 radical (unpaired) electrons. The summed E-state index contributed by atoms with van der Waals surface area (Å²) in [5.41, 5.74) is 2.03. The lowest BCUT2D eigenvalue weighted by Crippen LogP contribution is -2.35. The van der Waals surface area contributed by atoms with E-state index >= 15 is 0 Å². The summed E-state index contributed by atoms with van der Waals surface area (Å²) < 4.78 is 10.8.